The molecule has 0 aromatic heterocycles. The Bertz CT molecular complexity index is 389. The molecule has 0 bridgehead atoms. The highest BCUT2D eigenvalue weighted by molar-refractivity contribution is 4.98. The van der Waals surface area contributed by atoms with Crippen molar-refractivity contribution in [3.63, 3.8) is 0 Å². The van der Waals surface area contributed by atoms with Crippen LogP contribution >= 0.6 is 0 Å². The fourth-order valence-corrected chi connectivity index (χ4v) is 5.10. The first-order valence-corrected chi connectivity index (χ1v) is 10.8. The van der Waals surface area contributed by atoms with Gasteiger partial charge in [-0.05, 0) is 55.8 Å². The van der Waals surface area contributed by atoms with Crippen LogP contribution in [0, 0.1) is 17.3 Å². The minimum atomic E-state index is -0.448. The molecule has 0 aliphatic heterocycles. The van der Waals surface area contributed by atoms with Gasteiger partial charge in [-0.25, -0.2) is 0 Å². The Morgan fingerprint density at radius 2 is 1.24 bits per heavy atom. The molecule has 0 saturated heterocycles. The quantitative estimate of drug-likeness (QED) is 0.565. The predicted octanol–water partition coefficient (Wildman–Crippen LogP) is 3.96. The summed E-state index contributed by atoms with van der Waals surface area (Å²) in [7, 11) is 0. The second kappa shape index (κ2) is 8.69. The summed E-state index contributed by atoms with van der Waals surface area (Å²) in [5.41, 5.74) is 23.1. The normalized spacial score (nSPS) is 31.7. The molecule has 25 heavy (non-hydrogen) atoms. The van der Waals surface area contributed by atoms with Crippen LogP contribution in [-0.2, 0) is 0 Å². The second-order valence-electron chi connectivity index (χ2n) is 10.1. The first-order valence-electron chi connectivity index (χ1n) is 10.8. The van der Waals surface area contributed by atoms with Crippen molar-refractivity contribution in [3.05, 3.63) is 0 Å². The molecule has 0 amide bonds. The van der Waals surface area contributed by atoms with Crippen LogP contribution < -0.4 is 22.9 Å². The van der Waals surface area contributed by atoms with Gasteiger partial charge in [0, 0.05) is 0 Å². The Balaban J connectivity index is 0.000000236. The average Bonchev–Trinajstić information content (AvgIpc) is 2.52. The van der Waals surface area contributed by atoms with Crippen molar-refractivity contribution < 1.29 is 0 Å². The summed E-state index contributed by atoms with van der Waals surface area (Å²) in [6, 6.07) is 0. The van der Waals surface area contributed by atoms with E-state index >= 15 is 0 Å². The molecule has 0 spiro atoms. The average molecular weight is 353 g/mol. The van der Waals surface area contributed by atoms with Crippen molar-refractivity contribution in [2.45, 2.75) is 115 Å². The maximum Gasteiger partial charge on any atom is 0.0689 e. The van der Waals surface area contributed by atoms with Gasteiger partial charge in [-0.1, -0.05) is 65.2 Å². The van der Waals surface area contributed by atoms with E-state index in [1.165, 1.54) is 70.6 Å². The smallest absolute Gasteiger partial charge is 0.0689 e. The van der Waals surface area contributed by atoms with Crippen molar-refractivity contribution in [2.75, 3.05) is 0 Å². The molecule has 4 heteroatoms. The Morgan fingerprint density at radius 3 is 1.72 bits per heavy atom. The summed E-state index contributed by atoms with van der Waals surface area (Å²) in [4.78, 5) is 0. The van der Waals surface area contributed by atoms with Gasteiger partial charge in [-0.2, -0.15) is 0 Å². The van der Waals surface area contributed by atoms with Gasteiger partial charge in [0.15, 0.2) is 0 Å². The largest absolute Gasteiger partial charge is 0.313 e. The van der Waals surface area contributed by atoms with E-state index in [2.05, 4.69) is 13.8 Å². The van der Waals surface area contributed by atoms with E-state index in [1.54, 1.807) is 0 Å². The Morgan fingerprint density at radius 1 is 0.680 bits per heavy atom. The first-order chi connectivity index (χ1) is 11.6. The van der Waals surface area contributed by atoms with Gasteiger partial charge >= 0.3 is 0 Å². The summed E-state index contributed by atoms with van der Waals surface area (Å²) in [6.07, 6.45) is 18.0. The maximum absolute atomic E-state index is 6.23. The lowest BCUT2D eigenvalue weighted by Gasteiger charge is -2.48. The molecule has 3 saturated carbocycles. The lowest BCUT2D eigenvalue weighted by Crippen LogP contribution is -2.62. The molecule has 3 aliphatic rings. The van der Waals surface area contributed by atoms with Crippen LogP contribution in [0.1, 0.15) is 104 Å². The van der Waals surface area contributed by atoms with Crippen LogP contribution in [0.5, 0.6) is 0 Å². The molecular formula is C21H44N4. The zero-order valence-electron chi connectivity index (χ0n) is 16.9. The van der Waals surface area contributed by atoms with E-state index in [4.69, 9.17) is 22.9 Å². The molecule has 3 fully saturated rings. The molecule has 3 aliphatic carbocycles. The van der Waals surface area contributed by atoms with Gasteiger partial charge in [0.2, 0.25) is 0 Å². The van der Waals surface area contributed by atoms with Crippen LogP contribution in [-0.4, -0.2) is 11.3 Å². The Kier molecular flexibility index (Phi) is 7.35. The van der Waals surface area contributed by atoms with Crippen LogP contribution in [0.15, 0.2) is 0 Å². The highest BCUT2D eigenvalue weighted by Crippen LogP contribution is 2.45. The molecular weight excluding hydrogens is 308 g/mol. The standard InChI is InChI=1S/C15H30N2.C6H14N2/c1-14(2)11-13(8-9-15(14,16)17)10-12-6-4-3-5-7-12;7-6(8)4-2-1-3-5-6/h12-13H,3-11,16-17H2,1-2H3;1-5,7-8H2. The lowest BCUT2D eigenvalue weighted by molar-refractivity contribution is 0.0553. The summed E-state index contributed by atoms with van der Waals surface area (Å²) in [6.45, 7) is 4.50. The maximum atomic E-state index is 6.23. The monoisotopic (exact) mass is 352 g/mol. The van der Waals surface area contributed by atoms with Crippen molar-refractivity contribution >= 4 is 0 Å². The van der Waals surface area contributed by atoms with E-state index in [9.17, 15) is 0 Å². The van der Waals surface area contributed by atoms with Gasteiger partial charge in [-0.15, -0.1) is 0 Å². The zero-order chi connectivity index (χ0) is 18.6. The fraction of sp³-hybridized carbons (Fsp3) is 1.00. The van der Waals surface area contributed by atoms with E-state index < -0.39 is 5.66 Å². The third-order valence-electron chi connectivity index (χ3n) is 7.20. The van der Waals surface area contributed by atoms with E-state index in [-0.39, 0.29) is 11.1 Å². The van der Waals surface area contributed by atoms with Crippen molar-refractivity contribution in [1.29, 1.82) is 0 Å². The van der Waals surface area contributed by atoms with E-state index in [1.807, 2.05) is 0 Å². The first kappa shape index (κ1) is 21.1. The molecule has 0 heterocycles. The number of hydrogen-bond acceptors (Lipinski definition) is 4. The van der Waals surface area contributed by atoms with Crippen molar-refractivity contribution in [2.24, 2.45) is 40.2 Å². The second-order valence-corrected chi connectivity index (χ2v) is 10.1. The van der Waals surface area contributed by atoms with Crippen molar-refractivity contribution in [1.82, 2.24) is 0 Å². The third kappa shape index (κ3) is 6.50. The summed E-state index contributed by atoms with van der Waals surface area (Å²) >= 11 is 0. The Labute approximate surface area is 155 Å². The fourth-order valence-electron chi connectivity index (χ4n) is 5.10. The molecule has 1 atom stereocenters. The minimum absolute atomic E-state index is 0.102. The highest BCUT2D eigenvalue weighted by Gasteiger charge is 2.44. The summed E-state index contributed by atoms with van der Waals surface area (Å²) < 4.78 is 0. The van der Waals surface area contributed by atoms with E-state index in [0.717, 1.165) is 31.1 Å². The van der Waals surface area contributed by atoms with Crippen LogP contribution in [0.2, 0.25) is 0 Å². The number of nitrogens with two attached hydrogens (primary N) is 4. The van der Waals surface area contributed by atoms with Gasteiger partial charge in [0.25, 0.3) is 0 Å². The Hall–Kier alpha value is -0.160. The summed E-state index contributed by atoms with van der Waals surface area (Å²) in [5.74, 6) is 1.86. The molecule has 0 radical (unpaired) electrons. The van der Waals surface area contributed by atoms with Gasteiger partial charge < -0.3 is 22.9 Å². The molecule has 8 N–H and O–H groups in total. The molecule has 148 valence electrons. The lowest BCUT2D eigenvalue weighted by atomic mass is 9.63. The molecule has 3 rings (SSSR count). The zero-order valence-corrected chi connectivity index (χ0v) is 16.9. The highest BCUT2D eigenvalue weighted by atomic mass is 15.0. The number of rotatable bonds is 2. The molecule has 1 unspecified atom stereocenters. The topological polar surface area (TPSA) is 104 Å². The molecule has 0 aromatic rings. The van der Waals surface area contributed by atoms with Crippen LogP contribution in [0.25, 0.3) is 0 Å². The van der Waals surface area contributed by atoms with Gasteiger partial charge in [0.05, 0.1) is 11.3 Å². The summed E-state index contributed by atoms with van der Waals surface area (Å²) in [5, 5.41) is 0. The number of hydrogen-bond donors (Lipinski definition) is 4. The van der Waals surface area contributed by atoms with E-state index in [0.29, 0.717) is 0 Å². The van der Waals surface area contributed by atoms with Gasteiger partial charge in [-0.3, -0.25) is 0 Å². The predicted molar refractivity (Wildman–Crippen MR) is 108 cm³/mol. The van der Waals surface area contributed by atoms with Gasteiger partial charge in [0.1, 0.15) is 0 Å². The SMILES string of the molecule is CC1(C)CC(CC2CCCCC2)CCC1(N)N.NC1(N)CCCCC1. The van der Waals surface area contributed by atoms with Crippen LogP contribution in [0.4, 0.5) is 0 Å². The molecule has 4 nitrogen and oxygen atoms in total. The van der Waals surface area contributed by atoms with Crippen molar-refractivity contribution in [3.8, 4) is 0 Å². The molecule has 0 aromatic carbocycles. The third-order valence-corrected chi connectivity index (χ3v) is 7.20. The van der Waals surface area contributed by atoms with Crippen LogP contribution in [0.3, 0.4) is 0 Å². The minimum Gasteiger partial charge on any atom is -0.313 e.